The highest BCUT2D eigenvalue weighted by Gasteiger charge is 2.33. The van der Waals surface area contributed by atoms with E-state index in [1.54, 1.807) is 0 Å². The average Bonchev–Trinajstić information content (AvgIpc) is 3.04. The van der Waals surface area contributed by atoms with Crippen LogP contribution in [0.1, 0.15) is 45.4 Å². The molecule has 2 aliphatic rings. The molecule has 0 aromatic rings. The summed E-state index contributed by atoms with van der Waals surface area (Å²) >= 11 is 0. The monoisotopic (exact) mass is 211 g/mol. The molecule has 0 saturated heterocycles. The minimum Gasteiger partial charge on any atom is -0.383 e. The summed E-state index contributed by atoms with van der Waals surface area (Å²) in [5, 5.41) is 3.84. The van der Waals surface area contributed by atoms with E-state index in [4.69, 9.17) is 4.74 Å². The van der Waals surface area contributed by atoms with E-state index in [1.165, 1.54) is 38.5 Å². The van der Waals surface area contributed by atoms with Gasteiger partial charge in [-0.1, -0.05) is 19.8 Å². The van der Waals surface area contributed by atoms with E-state index in [0.29, 0.717) is 6.04 Å². The molecule has 0 radical (unpaired) electrons. The van der Waals surface area contributed by atoms with Crippen LogP contribution in [0.15, 0.2) is 0 Å². The summed E-state index contributed by atoms with van der Waals surface area (Å²) in [6, 6.07) is 1.38. The molecule has 0 heterocycles. The van der Waals surface area contributed by atoms with Crippen molar-refractivity contribution < 1.29 is 4.74 Å². The maximum Gasteiger partial charge on any atom is 0.0618 e. The lowest BCUT2D eigenvalue weighted by atomic mass is 9.85. The van der Waals surface area contributed by atoms with E-state index in [9.17, 15) is 0 Å². The van der Waals surface area contributed by atoms with Crippen LogP contribution < -0.4 is 5.32 Å². The number of methoxy groups -OCH3 is 1. The van der Waals surface area contributed by atoms with Crippen LogP contribution in [0.2, 0.25) is 0 Å². The molecule has 0 spiro atoms. The number of hydrogen-bond donors (Lipinski definition) is 1. The van der Waals surface area contributed by atoms with Crippen molar-refractivity contribution in [2.24, 2.45) is 11.8 Å². The summed E-state index contributed by atoms with van der Waals surface area (Å²) in [5.41, 5.74) is 0. The van der Waals surface area contributed by atoms with Gasteiger partial charge in [0, 0.05) is 19.2 Å². The van der Waals surface area contributed by atoms with Gasteiger partial charge in [0.05, 0.1) is 6.61 Å². The predicted molar refractivity (Wildman–Crippen MR) is 62.9 cm³/mol. The zero-order chi connectivity index (χ0) is 10.7. The molecule has 2 nitrogen and oxygen atoms in total. The lowest BCUT2D eigenvalue weighted by Gasteiger charge is -2.33. The van der Waals surface area contributed by atoms with Crippen LogP contribution in [0.4, 0.5) is 0 Å². The van der Waals surface area contributed by atoms with Gasteiger partial charge in [-0.3, -0.25) is 0 Å². The SMILES string of the molecule is COCC(NC1CCCCC1C)C1CC1. The standard InChI is InChI=1S/C13H25NO/c1-10-5-3-4-6-12(10)14-13(9-15-2)11-7-8-11/h10-14H,3-9H2,1-2H3. The molecule has 88 valence electrons. The van der Waals surface area contributed by atoms with Crippen LogP contribution in [0.5, 0.6) is 0 Å². The fraction of sp³-hybridized carbons (Fsp3) is 1.00. The minimum absolute atomic E-state index is 0.626. The van der Waals surface area contributed by atoms with Crippen molar-refractivity contribution in [1.29, 1.82) is 0 Å². The first-order valence-corrected chi connectivity index (χ1v) is 6.56. The summed E-state index contributed by atoms with van der Waals surface area (Å²) in [5.74, 6) is 1.76. The maximum atomic E-state index is 5.32. The van der Waals surface area contributed by atoms with Gasteiger partial charge in [-0.15, -0.1) is 0 Å². The minimum atomic E-state index is 0.626. The van der Waals surface area contributed by atoms with E-state index >= 15 is 0 Å². The summed E-state index contributed by atoms with van der Waals surface area (Å²) in [7, 11) is 1.82. The van der Waals surface area contributed by atoms with Crippen LogP contribution in [0, 0.1) is 11.8 Å². The summed E-state index contributed by atoms with van der Waals surface area (Å²) < 4.78 is 5.32. The quantitative estimate of drug-likeness (QED) is 0.754. The molecule has 3 atom stereocenters. The van der Waals surface area contributed by atoms with Gasteiger partial charge in [0.1, 0.15) is 0 Å². The first kappa shape index (κ1) is 11.4. The number of rotatable bonds is 5. The third kappa shape index (κ3) is 3.18. The Hall–Kier alpha value is -0.0800. The van der Waals surface area contributed by atoms with Gasteiger partial charge in [-0.2, -0.15) is 0 Å². The third-order valence-electron chi connectivity index (χ3n) is 4.08. The largest absolute Gasteiger partial charge is 0.383 e. The van der Waals surface area contributed by atoms with Crippen molar-refractivity contribution in [2.75, 3.05) is 13.7 Å². The average molecular weight is 211 g/mol. The van der Waals surface area contributed by atoms with Crippen LogP contribution in [0.25, 0.3) is 0 Å². The normalized spacial score (nSPS) is 34.0. The zero-order valence-corrected chi connectivity index (χ0v) is 10.2. The smallest absolute Gasteiger partial charge is 0.0618 e. The predicted octanol–water partition coefficient (Wildman–Crippen LogP) is 2.58. The van der Waals surface area contributed by atoms with Crippen molar-refractivity contribution in [3.05, 3.63) is 0 Å². The number of ether oxygens (including phenoxy) is 1. The van der Waals surface area contributed by atoms with Crippen LogP contribution >= 0.6 is 0 Å². The Bertz CT molecular complexity index is 189. The van der Waals surface area contributed by atoms with Gasteiger partial charge in [-0.25, -0.2) is 0 Å². The number of hydrogen-bond acceptors (Lipinski definition) is 2. The number of nitrogens with one attached hydrogen (secondary N) is 1. The van der Waals surface area contributed by atoms with Crippen molar-refractivity contribution >= 4 is 0 Å². The fourth-order valence-corrected chi connectivity index (χ4v) is 2.84. The van der Waals surface area contributed by atoms with Crippen LogP contribution in [0.3, 0.4) is 0 Å². The summed E-state index contributed by atoms with van der Waals surface area (Å²) in [4.78, 5) is 0. The Kier molecular flexibility index (Phi) is 4.04. The van der Waals surface area contributed by atoms with E-state index in [2.05, 4.69) is 12.2 Å². The molecular formula is C13H25NO. The molecule has 0 aromatic carbocycles. The summed E-state index contributed by atoms with van der Waals surface area (Å²) in [6.45, 7) is 3.29. The van der Waals surface area contributed by atoms with E-state index in [0.717, 1.165) is 24.5 Å². The molecule has 2 saturated carbocycles. The highest BCUT2D eigenvalue weighted by atomic mass is 16.5. The van der Waals surface area contributed by atoms with Crippen molar-refractivity contribution in [1.82, 2.24) is 5.32 Å². The van der Waals surface area contributed by atoms with E-state index in [-0.39, 0.29) is 0 Å². The Balaban J connectivity index is 1.81. The van der Waals surface area contributed by atoms with Crippen LogP contribution in [-0.4, -0.2) is 25.8 Å². The van der Waals surface area contributed by atoms with Gasteiger partial charge < -0.3 is 10.1 Å². The Morgan fingerprint density at radius 3 is 2.53 bits per heavy atom. The molecule has 0 bridgehead atoms. The lowest BCUT2D eigenvalue weighted by Crippen LogP contribution is -2.46. The Morgan fingerprint density at radius 2 is 1.93 bits per heavy atom. The molecular weight excluding hydrogens is 186 g/mol. The molecule has 15 heavy (non-hydrogen) atoms. The van der Waals surface area contributed by atoms with Gasteiger partial charge in [0.2, 0.25) is 0 Å². The highest BCUT2D eigenvalue weighted by molar-refractivity contribution is 4.90. The maximum absolute atomic E-state index is 5.32. The molecule has 1 N–H and O–H groups in total. The topological polar surface area (TPSA) is 21.3 Å². The first-order valence-electron chi connectivity index (χ1n) is 6.56. The summed E-state index contributed by atoms with van der Waals surface area (Å²) in [6.07, 6.45) is 8.42. The Labute approximate surface area is 93.8 Å². The molecule has 2 heteroatoms. The second kappa shape index (κ2) is 5.31. The fourth-order valence-electron chi connectivity index (χ4n) is 2.84. The van der Waals surface area contributed by atoms with Gasteiger partial charge in [-0.05, 0) is 37.5 Å². The lowest BCUT2D eigenvalue weighted by molar-refractivity contribution is 0.137. The van der Waals surface area contributed by atoms with Gasteiger partial charge >= 0.3 is 0 Å². The van der Waals surface area contributed by atoms with E-state index < -0.39 is 0 Å². The third-order valence-corrected chi connectivity index (χ3v) is 4.08. The molecule has 3 unspecified atom stereocenters. The molecule has 0 aromatic heterocycles. The van der Waals surface area contributed by atoms with Crippen molar-refractivity contribution in [3.63, 3.8) is 0 Å². The molecule has 2 rings (SSSR count). The Morgan fingerprint density at radius 1 is 1.20 bits per heavy atom. The molecule has 0 aliphatic heterocycles. The van der Waals surface area contributed by atoms with Gasteiger partial charge in [0.15, 0.2) is 0 Å². The van der Waals surface area contributed by atoms with E-state index in [1.807, 2.05) is 7.11 Å². The van der Waals surface area contributed by atoms with Crippen LogP contribution in [-0.2, 0) is 4.74 Å². The zero-order valence-electron chi connectivity index (χ0n) is 10.2. The highest BCUT2D eigenvalue weighted by Crippen LogP contribution is 2.34. The second-order valence-corrected chi connectivity index (χ2v) is 5.43. The van der Waals surface area contributed by atoms with Gasteiger partial charge in [0.25, 0.3) is 0 Å². The van der Waals surface area contributed by atoms with Crippen molar-refractivity contribution in [3.8, 4) is 0 Å². The van der Waals surface area contributed by atoms with Crippen molar-refractivity contribution in [2.45, 2.75) is 57.5 Å². The molecule has 2 fully saturated rings. The first-order chi connectivity index (χ1) is 7.31. The second-order valence-electron chi connectivity index (χ2n) is 5.43. The molecule has 2 aliphatic carbocycles. The molecule has 0 amide bonds.